The van der Waals surface area contributed by atoms with E-state index in [-0.39, 0.29) is 0 Å². The van der Waals surface area contributed by atoms with Gasteiger partial charge in [-0.1, -0.05) is 31.2 Å². The number of likely N-dealkylation sites (tertiary alicyclic amines) is 1. The molecule has 0 N–H and O–H groups in total. The first-order valence-corrected chi connectivity index (χ1v) is 9.21. The van der Waals surface area contributed by atoms with Crippen LogP contribution in [0.2, 0.25) is 0 Å². The fourth-order valence-corrected chi connectivity index (χ4v) is 3.99. The molecule has 0 amide bonds. The monoisotopic (exact) mass is 335 g/mol. The molecule has 5 heteroatoms. The molecule has 2 aromatic heterocycles. The maximum atomic E-state index is 4.48. The van der Waals surface area contributed by atoms with Gasteiger partial charge in [-0.3, -0.25) is 4.90 Å². The first-order valence-electron chi connectivity index (χ1n) is 9.21. The van der Waals surface area contributed by atoms with Crippen molar-refractivity contribution in [2.75, 3.05) is 13.1 Å². The van der Waals surface area contributed by atoms with Gasteiger partial charge in [-0.25, -0.2) is 9.50 Å². The van der Waals surface area contributed by atoms with E-state index in [2.05, 4.69) is 57.2 Å². The summed E-state index contributed by atoms with van der Waals surface area (Å²) in [5, 5.41) is 4.40. The molecule has 3 aromatic rings. The third-order valence-electron chi connectivity index (χ3n) is 5.22. The van der Waals surface area contributed by atoms with Gasteiger partial charge in [0.2, 0.25) is 0 Å². The minimum Gasteiger partial charge on any atom is -0.298 e. The lowest BCUT2D eigenvalue weighted by atomic mass is 9.93. The van der Waals surface area contributed by atoms with E-state index in [0.29, 0.717) is 11.7 Å². The van der Waals surface area contributed by atoms with Gasteiger partial charge in [0.15, 0.2) is 0 Å². The summed E-state index contributed by atoms with van der Waals surface area (Å²) in [5.41, 5.74) is 5.18. The van der Waals surface area contributed by atoms with Crippen LogP contribution in [-0.2, 0) is 13.0 Å². The third-order valence-corrected chi connectivity index (χ3v) is 5.22. The molecule has 1 aromatic carbocycles. The summed E-state index contributed by atoms with van der Waals surface area (Å²) < 4.78 is 1.92. The van der Waals surface area contributed by atoms with Gasteiger partial charge in [0.1, 0.15) is 6.33 Å². The molecule has 0 saturated carbocycles. The number of aryl methyl sites for hydroxylation is 2. The second kappa shape index (κ2) is 6.92. The van der Waals surface area contributed by atoms with Gasteiger partial charge in [-0.15, -0.1) is 0 Å². The lowest BCUT2D eigenvalue weighted by Gasteiger charge is -2.33. The zero-order valence-corrected chi connectivity index (χ0v) is 15.0. The van der Waals surface area contributed by atoms with Crippen LogP contribution in [0, 0.1) is 6.92 Å². The van der Waals surface area contributed by atoms with Gasteiger partial charge >= 0.3 is 0 Å². The molecule has 0 radical (unpaired) electrons. The van der Waals surface area contributed by atoms with Crippen molar-refractivity contribution in [2.24, 2.45) is 0 Å². The molecule has 0 aliphatic carbocycles. The molecule has 25 heavy (non-hydrogen) atoms. The summed E-state index contributed by atoms with van der Waals surface area (Å²) in [6, 6.07) is 11.0. The Morgan fingerprint density at radius 1 is 1.20 bits per heavy atom. The van der Waals surface area contributed by atoms with E-state index in [1.54, 1.807) is 6.33 Å². The normalized spacial score (nSPS) is 18.7. The number of benzene rings is 1. The van der Waals surface area contributed by atoms with E-state index in [9.17, 15) is 0 Å². The van der Waals surface area contributed by atoms with Crippen LogP contribution < -0.4 is 0 Å². The molecular formula is C20H25N5. The lowest BCUT2D eigenvalue weighted by Crippen LogP contribution is -2.35. The molecule has 3 heterocycles. The van der Waals surface area contributed by atoms with Crippen molar-refractivity contribution in [2.45, 2.75) is 45.6 Å². The highest BCUT2D eigenvalue weighted by atomic mass is 15.3. The van der Waals surface area contributed by atoms with E-state index in [1.165, 1.54) is 36.2 Å². The molecule has 1 aliphatic heterocycles. The van der Waals surface area contributed by atoms with Crippen LogP contribution in [0.15, 0.2) is 36.7 Å². The predicted octanol–water partition coefficient (Wildman–Crippen LogP) is 3.37. The molecule has 1 atom stereocenters. The van der Waals surface area contributed by atoms with Crippen molar-refractivity contribution in [3.8, 4) is 0 Å². The summed E-state index contributed by atoms with van der Waals surface area (Å²) >= 11 is 0. The molecule has 4 rings (SSSR count). The highest BCUT2D eigenvalue weighted by molar-refractivity contribution is 5.32. The zero-order chi connectivity index (χ0) is 17.2. The average Bonchev–Trinajstić information content (AvgIpc) is 3.10. The Morgan fingerprint density at radius 3 is 2.88 bits per heavy atom. The first-order chi connectivity index (χ1) is 12.2. The molecule has 1 unspecified atom stereocenters. The molecule has 0 spiro atoms. The largest absolute Gasteiger partial charge is 0.298 e. The second-order valence-electron chi connectivity index (χ2n) is 6.99. The van der Waals surface area contributed by atoms with E-state index < -0.39 is 0 Å². The molecular weight excluding hydrogens is 310 g/mol. The molecule has 1 fully saturated rings. The Morgan fingerprint density at radius 2 is 2.04 bits per heavy atom. The van der Waals surface area contributed by atoms with Crippen LogP contribution in [0.1, 0.15) is 48.2 Å². The highest BCUT2D eigenvalue weighted by Gasteiger charge is 2.24. The van der Waals surface area contributed by atoms with Gasteiger partial charge in [-0.05, 0) is 49.9 Å². The Bertz CT molecular complexity index is 869. The van der Waals surface area contributed by atoms with E-state index >= 15 is 0 Å². The van der Waals surface area contributed by atoms with E-state index in [1.807, 2.05) is 11.4 Å². The van der Waals surface area contributed by atoms with Crippen molar-refractivity contribution < 1.29 is 0 Å². The summed E-state index contributed by atoms with van der Waals surface area (Å²) in [4.78, 5) is 11.3. The quantitative estimate of drug-likeness (QED) is 0.733. The standard InChI is InChI=1S/C20H25N5/c1-3-16-7-4-5-8-17(16)12-24-10-6-9-18(13-24)19-11-15(2)23-20-21-14-22-25(19)20/h4-5,7-8,11,14,18H,3,6,9-10,12-13H2,1-2H3. The molecule has 1 aliphatic rings. The van der Waals surface area contributed by atoms with Crippen molar-refractivity contribution in [3.05, 3.63) is 59.2 Å². The van der Waals surface area contributed by atoms with Gasteiger partial charge in [-0.2, -0.15) is 10.1 Å². The third kappa shape index (κ3) is 3.29. The summed E-state index contributed by atoms with van der Waals surface area (Å²) in [6.07, 6.45) is 5.11. The van der Waals surface area contributed by atoms with E-state index in [0.717, 1.165) is 25.2 Å². The number of nitrogens with zero attached hydrogens (tertiary/aromatic N) is 5. The molecule has 1 saturated heterocycles. The van der Waals surface area contributed by atoms with Crippen LogP contribution in [0.25, 0.3) is 5.78 Å². The number of aromatic nitrogens is 4. The minimum atomic E-state index is 0.480. The summed E-state index contributed by atoms with van der Waals surface area (Å²) in [6.45, 7) is 7.54. The smallest absolute Gasteiger partial charge is 0.252 e. The van der Waals surface area contributed by atoms with Crippen LogP contribution in [-0.4, -0.2) is 37.6 Å². The molecule has 5 nitrogen and oxygen atoms in total. The van der Waals surface area contributed by atoms with Crippen LogP contribution in [0.5, 0.6) is 0 Å². The van der Waals surface area contributed by atoms with Crippen LogP contribution in [0.3, 0.4) is 0 Å². The highest BCUT2D eigenvalue weighted by Crippen LogP contribution is 2.28. The minimum absolute atomic E-state index is 0.480. The Hall–Kier alpha value is -2.27. The Labute approximate surface area is 148 Å². The SMILES string of the molecule is CCc1ccccc1CN1CCCC(c2cc(C)nc3ncnn23)C1. The lowest BCUT2D eigenvalue weighted by molar-refractivity contribution is 0.197. The second-order valence-corrected chi connectivity index (χ2v) is 6.99. The summed E-state index contributed by atoms with van der Waals surface area (Å²) in [5.74, 6) is 1.19. The van der Waals surface area contributed by atoms with Crippen molar-refractivity contribution in [1.29, 1.82) is 0 Å². The van der Waals surface area contributed by atoms with Gasteiger partial charge in [0.25, 0.3) is 5.78 Å². The van der Waals surface area contributed by atoms with Gasteiger partial charge in [0.05, 0.1) is 5.69 Å². The molecule has 0 bridgehead atoms. The van der Waals surface area contributed by atoms with Gasteiger partial charge in [0, 0.05) is 24.7 Å². The Kier molecular flexibility index (Phi) is 4.49. The van der Waals surface area contributed by atoms with Crippen molar-refractivity contribution >= 4 is 5.78 Å². The fraction of sp³-hybridized carbons (Fsp3) is 0.450. The number of piperidine rings is 1. The maximum absolute atomic E-state index is 4.48. The van der Waals surface area contributed by atoms with E-state index in [4.69, 9.17) is 0 Å². The van der Waals surface area contributed by atoms with Crippen molar-refractivity contribution in [3.63, 3.8) is 0 Å². The summed E-state index contributed by atoms with van der Waals surface area (Å²) in [7, 11) is 0. The average molecular weight is 335 g/mol. The van der Waals surface area contributed by atoms with Crippen LogP contribution >= 0.6 is 0 Å². The number of rotatable bonds is 4. The van der Waals surface area contributed by atoms with Crippen LogP contribution in [0.4, 0.5) is 0 Å². The maximum Gasteiger partial charge on any atom is 0.252 e. The van der Waals surface area contributed by atoms with Crippen molar-refractivity contribution in [1.82, 2.24) is 24.5 Å². The zero-order valence-electron chi connectivity index (χ0n) is 15.0. The topological polar surface area (TPSA) is 46.3 Å². The number of hydrogen-bond acceptors (Lipinski definition) is 4. The first kappa shape index (κ1) is 16.2. The number of fused-ring (bicyclic) bond motifs is 1. The predicted molar refractivity (Wildman–Crippen MR) is 98.6 cm³/mol. The fourth-order valence-electron chi connectivity index (χ4n) is 3.99. The Balaban J connectivity index is 1.57. The number of hydrogen-bond donors (Lipinski definition) is 0. The molecule has 130 valence electrons. The van der Waals surface area contributed by atoms with Gasteiger partial charge < -0.3 is 0 Å².